The molecule has 1 amide bonds. The summed E-state index contributed by atoms with van der Waals surface area (Å²) < 4.78 is 1.79. The Hall–Kier alpha value is -2.44. The monoisotopic (exact) mass is 316 g/mol. The summed E-state index contributed by atoms with van der Waals surface area (Å²) in [7, 11) is 0. The van der Waals surface area contributed by atoms with E-state index < -0.39 is 11.5 Å². The number of fused-ring (bicyclic) bond motifs is 1. The van der Waals surface area contributed by atoms with Crippen molar-refractivity contribution >= 4 is 22.9 Å². The molecule has 1 N–H and O–H groups in total. The average Bonchev–Trinajstić information content (AvgIpc) is 3.10. The van der Waals surface area contributed by atoms with E-state index in [-0.39, 0.29) is 11.9 Å². The lowest BCUT2D eigenvalue weighted by Gasteiger charge is -2.31. The molecule has 2 aromatic heterocycles. The van der Waals surface area contributed by atoms with Gasteiger partial charge in [0.2, 0.25) is 0 Å². The van der Waals surface area contributed by atoms with Gasteiger partial charge in [0.05, 0.1) is 11.8 Å². The molecule has 122 valence electrons. The number of rotatable bonds is 3. The van der Waals surface area contributed by atoms with Gasteiger partial charge in [-0.3, -0.25) is 4.79 Å². The Morgan fingerprint density at radius 3 is 2.74 bits per heavy atom. The molecule has 0 spiro atoms. The van der Waals surface area contributed by atoms with Gasteiger partial charge in [0, 0.05) is 24.2 Å². The van der Waals surface area contributed by atoms with Gasteiger partial charge in [0.15, 0.2) is 5.65 Å². The standard InChI is InChI=1S/C16H20N4O3/c1-10(2)20-13-11(9-18-20)7-12(8-17-13)14(21)19-6-4-5-16(19,3)15(22)23/h7-10H,4-6H2,1-3H3,(H,22,23). The molecule has 1 fully saturated rings. The molecular weight excluding hydrogens is 296 g/mol. The molecular formula is C16H20N4O3. The van der Waals surface area contributed by atoms with Crippen molar-refractivity contribution in [3.63, 3.8) is 0 Å². The Labute approximate surface area is 133 Å². The van der Waals surface area contributed by atoms with Crippen LogP contribution in [-0.4, -0.2) is 48.7 Å². The number of hydrogen-bond acceptors (Lipinski definition) is 4. The van der Waals surface area contributed by atoms with E-state index in [0.717, 1.165) is 11.0 Å². The highest BCUT2D eigenvalue weighted by atomic mass is 16.4. The van der Waals surface area contributed by atoms with Crippen molar-refractivity contribution in [3.8, 4) is 0 Å². The predicted molar refractivity (Wildman–Crippen MR) is 84.2 cm³/mol. The highest BCUT2D eigenvalue weighted by Gasteiger charge is 2.46. The van der Waals surface area contributed by atoms with Crippen molar-refractivity contribution in [2.45, 2.75) is 45.2 Å². The van der Waals surface area contributed by atoms with Crippen LogP contribution in [0.2, 0.25) is 0 Å². The number of carboxylic acids is 1. The lowest BCUT2D eigenvalue weighted by molar-refractivity contribution is -0.147. The largest absolute Gasteiger partial charge is 0.480 e. The van der Waals surface area contributed by atoms with Crippen molar-refractivity contribution < 1.29 is 14.7 Å². The van der Waals surface area contributed by atoms with E-state index in [9.17, 15) is 14.7 Å². The van der Waals surface area contributed by atoms with Crippen LogP contribution in [0.3, 0.4) is 0 Å². The molecule has 1 unspecified atom stereocenters. The number of aliphatic carboxylic acids is 1. The molecule has 0 aliphatic carbocycles. The molecule has 1 aliphatic heterocycles. The summed E-state index contributed by atoms with van der Waals surface area (Å²) in [6.07, 6.45) is 4.34. The van der Waals surface area contributed by atoms with Gasteiger partial charge < -0.3 is 10.0 Å². The molecule has 0 radical (unpaired) electrons. The first-order valence-corrected chi connectivity index (χ1v) is 7.73. The van der Waals surface area contributed by atoms with Crippen molar-refractivity contribution in [3.05, 3.63) is 24.0 Å². The maximum absolute atomic E-state index is 12.7. The number of aromatic nitrogens is 3. The molecule has 7 nitrogen and oxygen atoms in total. The summed E-state index contributed by atoms with van der Waals surface area (Å²) in [5.41, 5.74) is -0.0251. The van der Waals surface area contributed by atoms with Gasteiger partial charge in [-0.1, -0.05) is 0 Å². The van der Waals surface area contributed by atoms with Gasteiger partial charge in [0.25, 0.3) is 5.91 Å². The maximum atomic E-state index is 12.7. The fourth-order valence-corrected chi connectivity index (χ4v) is 3.10. The predicted octanol–water partition coefficient (Wildman–Crippen LogP) is 2.09. The van der Waals surface area contributed by atoms with Crippen molar-refractivity contribution in [2.24, 2.45) is 0 Å². The summed E-state index contributed by atoms with van der Waals surface area (Å²) in [5, 5.41) is 14.5. The molecule has 3 rings (SSSR count). The molecule has 2 aromatic rings. The molecule has 1 saturated heterocycles. The zero-order valence-electron chi connectivity index (χ0n) is 13.5. The molecule has 7 heteroatoms. The molecule has 0 bridgehead atoms. The van der Waals surface area contributed by atoms with Gasteiger partial charge in [-0.25, -0.2) is 14.5 Å². The zero-order chi connectivity index (χ0) is 16.8. The number of nitrogens with zero attached hydrogens (tertiary/aromatic N) is 4. The third-order valence-electron chi connectivity index (χ3n) is 4.52. The summed E-state index contributed by atoms with van der Waals surface area (Å²) in [4.78, 5) is 30.1. The van der Waals surface area contributed by atoms with Crippen LogP contribution in [-0.2, 0) is 4.79 Å². The highest BCUT2D eigenvalue weighted by Crippen LogP contribution is 2.31. The Morgan fingerprint density at radius 2 is 2.09 bits per heavy atom. The first kappa shape index (κ1) is 15.5. The Morgan fingerprint density at radius 1 is 1.35 bits per heavy atom. The van der Waals surface area contributed by atoms with Crippen LogP contribution in [0.25, 0.3) is 11.0 Å². The number of carbonyl (C=O) groups is 2. The van der Waals surface area contributed by atoms with Crippen molar-refractivity contribution in [2.75, 3.05) is 6.54 Å². The van der Waals surface area contributed by atoms with E-state index >= 15 is 0 Å². The van der Waals surface area contributed by atoms with E-state index in [1.807, 2.05) is 13.8 Å². The summed E-state index contributed by atoms with van der Waals surface area (Å²) in [5.74, 6) is -1.26. The molecule has 1 atom stereocenters. The van der Waals surface area contributed by atoms with E-state index in [1.165, 1.54) is 11.1 Å². The SMILES string of the molecule is CC(C)n1ncc2cc(C(=O)N3CCCC3(C)C(=O)O)cnc21. The molecule has 1 aliphatic rings. The van der Waals surface area contributed by atoms with Crippen LogP contribution in [0, 0.1) is 0 Å². The second-order valence-electron chi connectivity index (χ2n) is 6.46. The van der Waals surface area contributed by atoms with E-state index in [4.69, 9.17) is 0 Å². The second kappa shape index (κ2) is 5.33. The fourth-order valence-electron chi connectivity index (χ4n) is 3.10. The average molecular weight is 316 g/mol. The number of amides is 1. The minimum atomic E-state index is -1.14. The van der Waals surface area contributed by atoms with Gasteiger partial charge >= 0.3 is 5.97 Å². The first-order chi connectivity index (χ1) is 10.8. The van der Waals surface area contributed by atoms with Crippen molar-refractivity contribution in [1.82, 2.24) is 19.7 Å². The number of carbonyl (C=O) groups excluding carboxylic acids is 1. The van der Waals surface area contributed by atoms with Gasteiger partial charge in [0.1, 0.15) is 5.54 Å². The maximum Gasteiger partial charge on any atom is 0.329 e. The van der Waals surface area contributed by atoms with Crippen LogP contribution in [0.5, 0.6) is 0 Å². The summed E-state index contributed by atoms with van der Waals surface area (Å²) in [6, 6.07) is 1.91. The number of likely N-dealkylation sites (tertiary alicyclic amines) is 1. The van der Waals surface area contributed by atoms with Crippen LogP contribution < -0.4 is 0 Å². The lowest BCUT2D eigenvalue weighted by Crippen LogP contribution is -2.50. The van der Waals surface area contributed by atoms with E-state index in [1.54, 1.807) is 23.9 Å². The van der Waals surface area contributed by atoms with Gasteiger partial charge in [-0.2, -0.15) is 5.10 Å². The van der Waals surface area contributed by atoms with Gasteiger partial charge in [-0.15, -0.1) is 0 Å². The minimum Gasteiger partial charge on any atom is -0.480 e. The van der Waals surface area contributed by atoms with Crippen LogP contribution >= 0.6 is 0 Å². The molecule has 23 heavy (non-hydrogen) atoms. The smallest absolute Gasteiger partial charge is 0.329 e. The highest BCUT2D eigenvalue weighted by molar-refractivity contribution is 6.00. The zero-order valence-corrected chi connectivity index (χ0v) is 13.5. The van der Waals surface area contributed by atoms with Gasteiger partial charge in [-0.05, 0) is 39.7 Å². The molecule has 3 heterocycles. The topological polar surface area (TPSA) is 88.3 Å². The van der Waals surface area contributed by atoms with Crippen LogP contribution in [0.15, 0.2) is 18.5 Å². The molecule has 0 saturated carbocycles. The normalized spacial score (nSPS) is 21.3. The van der Waals surface area contributed by atoms with Crippen LogP contribution in [0.4, 0.5) is 0 Å². The Balaban J connectivity index is 1.97. The Bertz CT molecular complexity index is 783. The van der Waals surface area contributed by atoms with E-state index in [2.05, 4.69) is 10.1 Å². The number of hydrogen-bond donors (Lipinski definition) is 1. The molecule has 0 aromatic carbocycles. The van der Waals surface area contributed by atoms with Crippen molar-refractivity contribution in [1.29, 1.82) is 0 Å². The quantitative estimate of drug-likeness (QED) is 0.936. The second-order valence-corrected chi connectivity index (χ2v) is 6.46. The number of pyridine rings is 1. The minimum absolute atomic E-state index is 0.176. The third kappa shape index (κ3) is 2.36. The summed E-state index contributed by atoms with van der Waals surface area (Å²) >= 11 is 0. The first-order valence-electron chi connectivity index (χ1n) is 7.73. The van der Waals surface area contributed by atoms with E-state index in [0.29, 0.717) is 24.9 Å². The van der Waals surface area contributed by atoms with Crippen LogP contribution in [0.1, 0.15) is 50.0 Å². The Kier molecular flexibility index (Phi) is 3.58. The summed E-state index contributed by atoms with van der Waals surface area (Å²) in [6.45, 7) is 6.07. The third-order valence-corrected chi connectivity index (χ3v) is 4.52. The number of carboxylic acid groups (broad SMARTS) is 1. The fraction of sp³-hybridized carbons (Fsp3) is 0.500. The lowest BCUT2D eigenvalue weighted by atomic mass is 9.98.